The van der Waals surface area contributed by atoms with Crippen LogP contribution in [-0.2, 0) is 17.7 Å². The summed E-state index contributed by atoms with van der Waals surface area (Å²) in [5.41, 5.74) is 3.71. The molecule has 0 saturated carbocycles. The Kier molecular flexibility index (Phi) is 6.67. The second-order valence-electron chi connectivity index (χ2n) is 7.04. The van der Waals surface area contributed by atoms with Gasteiger partial charge in [0.05, 0.1) is 12.7 Å². The molecule has 3 rings (SSSR count). The Balaban J connectivity index is 1.62. The molecule has 0 amide bonds. The molecule has 0 spiro atoms. The highest BCUT2D eigenvalue weighted by molar-refractivity contribution is 6.00. The van der Waals surface area contributed by atoms with Crippen LogP contribution in [0.4, 0.5) is 4.39 Å². The summed E-state index contributed by atoms with van der Waals surface area (Å²) in [4.78, 5) is 24.6. The summed E-state index contributed by atoms with van der Waals surface area (Å²) in [5.74, 6) is -0.550. The fourth-order valence-electron chi connectivity index (χ4n) is 3.34. The number of esters is 1. The van der Waals surface area contributed by atoms with Gasteiger partial charge in [0.15, 0.2) is 6.61 Å². The number of carbonyl (C=O) groups is 2. The van der Waals surface area contributed by atoms with E-state index in [-0.39, 0.29) is 18.0 Å². The van der Waals surface area contributed by atoms with E-state index in [1.54, 1.807) is 7.11 Å². The molecule has 1 aromatic heterocycles. The number of aromatic nitrogens is 1. The van der Waals surface area contributed by atoms with Crippen LogP contribution in [0.15, 0.2) is 54.6 Å². The van der Waals surface area contributed by atoms with E-state index in [9.17, 15) is 14.0 Å². The molecule has 30 heavy (non-hydrogen) atoms. The van der Waals surface area contributed by atoms with Crippen molar-refractivity contribution in [1.29, 1.82) is 0 Å². The normalized spacial score (nSPS) is 10.7. The smallest absolute Gasteiger partial charge is 0.338 e. The Morgan fingerprint density at radius 1 is 1.00 bits per heavy atom. The van der Waals surface area contributed by atoms with Crippen LogP contribution in [0.3, 0.4) is 0 Å². The third-order valence-electron chi connectivity index (χ3n) is 5.07. The second-order valence-corrected chi connectivity index (χ2v) is 7.04. The molecule has 0 radical (unpaired) electrons. The molecule has 0 aliphatic rings. The van der Waals surface area contributed by atoms with Crippen LogP contribution in [-0.4, -0.2) is 30.0 Å². The van der Waals surface area contributed by atoms with Crippen molar-refractivity contribution in [2.24, 2.45) is 0 Å². The number of ether oxygens (including phenoxy) is 2. The summed E-state index contributed by atoms with van der Waals surface area (Å²) in [5, 5.41) is 0. The number of hydrogen-bond acceptors (Lipinski definition) is 4. The van der Waals surface area contributed by atoms with Gasteiger partial charge in [0.25, 0.3) is 0 Å². The fraction of sp³-hybridized carbons (Fsp3) is 0.250. The summed E-state index contributed by atoms with van der Waals surface area (Å²) in [7, 11) is 1.64. The van der Waals surface area contributed by atoms with Crippen LogP contribution in [0.1, 0.15) is 37.7 Å². The van der Waals surface area contributed by atoms with Gasteiger partial charge in [0, 0.05) is 23.5 Å². The SMILES string of the molecule is COc1ccc(CCn2c(C)cc(C(=O)COC(=O)c3ccc(F)cc3)c2C)cc1. The van der Waals surface area contributed by atoms with Gasteiger partial charge in [-0.3, -0.25) is 4.79 Å². The van der Waals surface area contributed by atoms with Gasteiger partial charge in [-0.1, -0.05) is 12.1 Å². The first-order valence-electron chi connectivity index (χ1n) is 9.64. The Morgan fingerprint density at radius 2 is 1.67 bits per heavy atom. The number of ketones is 1. The van der Waals surface area contributed by atoms with Crippen molar-refractivity contribution in [2.45, 2.75) is 26.8 Å². The van der Waals surface area contributed by atoms with Gasteiger partial charge in [-0.25, -0.2) is 9.18 Å². The monoisotopic (exact) mass is 409 g/mol. The topological polar surface area (TPSA) is 57.5 Å². The molecular formula is C24H24FNO4. The van der Waals surface area contributed by atoms with E-state index in [1.807, 2.05) is 44.2 Å². The standard InChI is InChI=1S/C24H24FNO4/c1-16-14-22(23(27)15-30-24(28)19-6-8-20(25)9-7-19)17(2)26(16)13-12-18-4-10-21(29-3)11-5-18/h4-11,14H,12-13,15H2,1-3H3. The summed E-state index contributed by atoms with van der Waals surface area (Å²) >= 11 is 0. The average Bonchev–Trinajstić information content (AvgIpc) is 3.04. The summed E-state index contributed by atoms with van der Waals surface area (Å²) in [6.45, 7) is 4.20. The highest BCUT2D eigenvalue weighted by Crippen LogP contribution is 2.18. The van der Waals surface area contributed by atoms with Crippen LogP contribution in [0.2, 0.25) is 0 Å². The lowest BCUT2D eigenvalue weighted by Crippen LogP contribution is -2.15. The van der Waals surface area contributed by atoms with Crippen LogP contribution in [0, 0.1) is 19.7 Å². The number of rotatable bonds is 8. The highest BCUT2D eigenvalue weighted by Gasteiger charge is 2.18. The molecule has 0 bridgehead atoms. The van der Waals surface area contributed by atoms with Crippen LogP contribution in [0.5, 0.6) is 5.75 Å². The van der Waals surface area contributed by atoms with Crippen molar-refractivity contribution in [1.82, 2.24) is 4.57 Å². The van der Waals surface area contributed by atoms with Crippen molar-refractivity contribution in [2.75, 3.05) is 13.7 Å². The van der Waals surface area contributed by atoms with Crippen LogP contribution in [0.25, 0.3) is 0 Å². The molecule has 5 nitrogen and oxygen atoms in total. The molecule has 0 unspecified atom stereocenters. The number of nitrogens with zero attached hydrogens (tertiary/aromatic N) is 1. The Bertz CT molecular complexity index is 1040. The lowest BCUT2D eigenvalue weighted by atomic mass is 10.1. The molecule has 0 fully saturated rings. The highest BCUT2D eigenvalue weighted by atomic mass is 19.1. The summed E-state index contributed by atoms with van der Waals surface area (Å²) < 4.78 is 25.3. The first kappa shape index (κ1) is 21.3. The van der Waals surface area contributed by atoms with Gasteiger partial charge < -0.3 is 14.0 Å². The zero-order valence-corrected chi connectivity index (χ0v) is 17.3. The quantitative estimate of drug-likeness (QED) is 0.405. The lowest BCUT2D eigenvalue weighted by molar-refractivity contribution is 0.0474. The maximum Gasteiger partial charge on any atom is 0.338 e. The summed E-state index contributed by atoms with van der Waals surface area (Å²) in [6, 6.07) is 14.7. The number of benzene rings is 2. The van der Waals surface area contributed by atoms with E-state index in [0.717, 1.165) is 30.1 Å². The van der Waals surface area contributed by atoms with Crippen LogP contribution < -0.4 is 4.74 Å². The van der Waals surface area contributed by atoms with Gasteiger partial charge >= 0.3 is 5.97 Å². The summed E-state index contributed by atoms with van der Waals surface area (Å²) in [6.07, 6.45) is 0.813. The third-order valence-corrected chi connectivity index (χ3v) is 5.07. The first-order valence-corrected chi connectivity index (χ1v) is 9.64. The van der Waals surface area contributed by atoms with Crippen molar-refractivity contribution >= 4 is 11.8 Å². The predicted molar refractivity (Wildman–Crippen MR) is 112 cm³/mol. The molecule has 3 aromatic rings. The minimum absolute atomic E-state index is 0.203. The van der Waals surface area contributed by atoms with Gasteiger partial charge in [-0.05, 0) is 68.3 Å². The largest absolute Gasteiger partial charge is 0.497 e. The maximum atomic E-state index is 13.0. The van der Waals surface area contributed by atoms with E-state index in [1.165, 1.54) is 29.8 Å². The zero-order chi connectivity index (χ0) is 21.7. The van der Waals surface area contributed by atoms with Crippen molar-refractivity contribution in [3.8, 4) is 5.75 Å². The van der Waals surface area contributed by atoms with Crippen molar-refractivity contribution < 1.29 is 23.5 Å². The molecule has 0 aliphatic carbocycles. The minimum Gasteiger partial charge on any atom is -0.497 e. The number of methoxy groups -OCH3 is 1. The van der Waals surface area contributed by atoms with Gasteiger partial charge in [-0.2, -0.15) is 0 Å². The Hall–Kier alpha value is -3.41. The molecule has 0 aliphatic heterocycles. The minimum atomic E-state index is -0.656. The molecule has 156 valence electrons. The molecule has 0 atom stereocenters. The first-order chi connectivity index (χ1) is 14.4. The van der Waals surface area contributed by atoms with Crippen molar-refractivity contribution in [3.05, 3.63) is 88.5 Å². The second kappa shape index (κ2) is 9.39. The number of carbonyl (C=O) groups excluding carboxylic acids is 2. The van der Waals surface area contributed by atoms with Crippen LogP contribution >= 0.6 is 0 Å². The number of hydrogen-bond donors (Lipinski definition) is 0. The third kappa shape index (κ3) is 4.95. The number of aryl methyl sites for hydroxylation is 2. The molecule has 6 heteroatoms. The van der Waals surface area contributed by atoms with E-state index in [2.05, 4.69) is 4.57 Å². The average molecular weight is 409 g/mol. The molecule has 0 saturated heterocycles. The van der Waals surface area contributed by atoms with E-state index >= 15 is 0 Å². The van der Waals surface area contributed by atoms with Gasteiger partial charge in [0.1, 0.15) is 11.6 Å². The van der Waals surface area contributed by atoms with E-state index < -0.39 is 11.8 Å². The van der Waals surface area contributed by atoms with Crippen molar-refractivity contribution in [3.63, 3.8) is 0 Å². The lowest BCUT2D eigenvalue weighted by Gasteiger charge is -2.10. The molecule has 2 aromatic carbocycles. The number of Topliss-reactive ketones (excluding diaryl/α,β-unsaturated/α-hetero) is 1. The fourth-order valence-corrected chi connectivity index (χ4v) is 3.34. The Morgan fingerprint density at radius 3 is 2.30 bits per heavy atom. The predicted octanol–water partition coefficient (Wildman–Crippen LogP) is 4.54. The maximum absolute atomic E-state index is 13.0. The zero-order valence-electron chi connectivity index (χ0n) is 17.3. The molecular weight excluding hydrogens is 385 g/mol. The molecule has 0 N–H and O–H groups in total. The van der Waals surface area contributed by atoms with Gasteiger partial charge in [0.2, 0.25) is 5.78 Å². The molecule has 1 heterocycles. The van der Waals surface area contributed by atoms with Gasteiger partial charge in [-0.15, -0.1) is 0 Å². The Labute approximate surface area is 175 Å². The number of halogens is 1. The van der Waals surface area contributed by atoms with E-state index in [4.69, 9.17) is 9.47 Å². The van der Waals surface area contributed by atoms with E-state index in [0.29, 0.717) is 5.56 Å².